The lowest BCUT2D eigenvalue weighted by atomic mass is 9.76. The first-order chi connectivity index (χ1) is 19.0. The zero-order chi connectivity index (χ0) is 30.3. The van der Waals surface area contributed by atoms with Crippen LogP contribution in [0.5, 0.6) is 5.75 Å². The summed E-state index contributed by atoms with van der Waals surface area (Å²) in [5.74, 6) is -4.71. The van der Waals surface area contributed by atoms with Gasteiger partial charge >= 0.3 is 6.18 Å². The fourth-order valence-electron chi connectivity index (χ4n) is 5.78. The topological polar surface area (TPSA) is 61.9 Å². The van der Waals surface area contributed by atoms with Gasteiger partial charge in [0.2, 0.25) is 11.8 Å². The maximum Gasteiger partial charge on any atom is 0.416 e. The molecule has 0 aromatic heterocycles. The minimum Gasteiger partial charge on any atom is -0.491 e. The summed E-state index contributed by atoms with van der Waals surface area (Å²) in [5, 5.41) is 2.64. The van der Waals surface area contributed by atoms with Gasteiger partial charge in [0, 0.05) is 56.5 Å². The van der Waals surface area contributed by atoms with Gasteiger partial charge in [0.25, 0.3) is 5.92 Å². The van der Waals surface area contributed by atoms with Gasteiger partial charge in [-0.15, -0.1) is 0 Å². The van der Waals surface area contributed by atoms with Crippen LogP contribution in [0.2, 0.25) is 0 Å². The van der Waals surface area contributed by atoms with Crippen LogP contribution in [0.25, 0.3) is 0 Å². The lowest BCUT2D eigenvalue weighted by Crippen LogP contribution is -2.53. The number of aryl methyl sites for hydroxylation is 2. The summed E-state index contributed by atoms with van der Waals surface area (Å²) < 4.78 is 74.5. The molecule has 4 rings (SSSR count). The third-order valence-electron chi connectivity index (χ3n) is 8.02. The van der Waals surface area contributed by atoms with Crippen molar-refractivity contribution in [2.45, 2.75) is 65.7 Å². The van der Waals surface area contributed by atoms with Crippen molar-refractivity contribution in [2.75, 3.05) is 36.4 Å². The van der Waals surface area contributed by atoms with E-state index in [1.165, 1.54) is 6.07 Å². The third kappa shape index (κ3) is 6.50. The van der Waals surface area contributed by atoms with Gasteiger partial charge < -0.3 is 19.9 Å². The zero-order valence-corrected chi connectivity index (χ0v) is 23.9. The number of carbonyl (C=O) groups is 2. The highest BCUT2D eigenvalue weighted by Crippen LogP contribution is 2.44. The lowest BCUT2D eigenvalue weighted by Gasteiger charge is -2.39. The lowest BCUT2D eigenvalue weighted by molar-refractivity contribution is -0.137. The van der Waals surface area contributed by atoms with E-state index >= 15 is 0 Å². The van der Waals surface area contributed by atoms with E-state index in [4.69, 9.17) is 4.74 Å². The number of halogens is 5. The minimum atomic E-state index is -4.69. The number of nitrogens with one attached hydrogen (secondary N) is 1. The van der Waals surface area contributed by atoms with Crippen molar-refractivity contribution in [3.63, 3.8) is 0 Å². The molecule has 0 bridgehead atoms. The molecule has 0 spiro atoms. The second kappa shape index (κ2) is 11.2. The molecular weight excluding hydrogens is 545 g/mol. The molecule has 2 amide bonds. The van der Waals surface area contributed by atoms with E-state index in [-0.39, 0.29) is 56.4 Å². The second-order valence-electron chi connectivity index (χ2n) is 11.5. The molecule has 6 nitrogen and oxygen atoms in total. The standard InChI is InChI=1S/C30H36F5N3O3/c1-18(2)41-24-14-22(30(33,34)35)13-23(15-24)36-27(40)28(16-37-11-9-29(31,32)10-12-37)17-38(26(39)21(28)5)25-19(3)7-6-8-20(25)4/h6-8,13-15,18,21H,9-12,16-17H2,1-5H3,(H,36,40). The van der Waals surface area contributed by atoms with Crippen molar-refractivity contribution in [2.24, 2.45) is 11.3 Å². The Hall–Kier alpha value is -3.21. The van der Waals surface area contributed by atoms with Crippen molar-refractivity contribution < 1.29 is 36.3 Å². The van der Waals surface area contributed by atoms with Crippen LogP contribution < -0.4 is 15.0 Å². The highest BCUT2D eigenvalue weighted by Gasteiger charge is 2.56. The Morgan fingerprint density at radius 1 is 1.10 bits per heavy atom. The number of benzene rings is 2. The highest BCUT2D eigenvalue weighted by atomic mass is 19.4. The van der Waals surface area contributed by atoms with Crippen molar-refractivity contribution in [3.8, 4) is 5.75 Å². The molecule has 1 N–H and O–H groups in total. The first kappa shape index (κ1) is 30.7. The zero-order valence-electron chi connectivity index (χ0n) is 23.9. The van der Waals surface area contributed by atoms with Gasteiger partial charge in [0.05, 0.1) is 23.0 Å². The van der Waals surface area contributed by atoms with Crippen LogP contribution >= 0.6 is 0 Å². The molecule has 2 fully saturated rings. The predicted molar refractivity (Wildman–Crippen MR) is 146 cm³/mol. The van der Waals surface area contributed by atoms with E-state index in [2.05, 4.69) is 5.32 Å². The molecule has 41 heavy (non-hydrogen) atoms. The van der Waals surface area contributed by atoms with Crippen molar-refractivity contribution in [3.05, 3.63) is 53.1 Å². The molecule has 0 saturated carbocycles. The van der Waals surface area contributed by atoms with E-state index in [1.54, 1.807) is 30.6 Å². The maximum absolute atomic E-state index is 14.1. The molecule has 224 valence electrons. The van der Waals surface area contributed by atoms with E-state index in [0.717, 1.165) is 23.3 Å². The average molecular weight is 582 g/mol. The van der Waals surface area contributed by atoms with Crippen LogP contribution in [-0.4, -0.2) is 54.9 Å². The van der Waals surface area contributed by atoms with Crippen molar-refractivity contribution in [1.82, 2.24) is 4.90 Å². The normalized spacial score (nSPS) is 23.2. The second-order valence-corrected chi connectivity index (χ2v) is 11.5. The molecule has 2 saturated heterocycles. The molecule has 2 heterocycles. The summed E-state index contributed by atoms with van der Waals surface area (Å²) >= 11 is 0. The number of ether oxygens (including phenoxy) is 1. The first-order valence-electron chi connectivity index (χ1n) is 13.7. The van der Waals surface area contributed by atoms with Crippen LogP contribution in [0, 0.1) is 25.2 Å². The average Bonchev–Trinajstić information content (AvgIpc) is 3.10. The fourth-order valence-corrected chi connectivity index (χ4v) is 5.78. The Labute approximate surface area is 236 Å². The highest BCUT2D eigenvalue weighted by molar-refractivity contribution is 6.08. The number of hydrogen-bond donors (Lipinski definition) is 1. The van der Waals surface area contributed by atoms with Gasteiger partial charge in [0.15, 0.2) is 0 Å². The molecule has 11 heteroatoms. The number of rotatable bonds is 7. The molecule has 2 aliphatic heterocycles. The predicted octanol–water partition coefficient (Wildman–Crippen LogP) is 6.45. The largest absolute Gasteiger partial charge is 0.491 e. The van der Waals surface area contributed by atoms with Crippen LogP contribution in [-0.2, 0) is 15.8 Å². The number of amides is 2. The molecular formula is C30H36F5N3O3. The van der Waals surface area contributed by atoms with Crippen molar-refractivity contribution >= 4 is 23.2 Å². The van der Waals surface area contributed by atoms with E-state index in [0.29, 0.717) is 5.69 Å². The quantitative estimate of drug-likeness (QED) is 0.382. The minimum absolute atomic E-state index is 0.00242. The summed E-state index contributed by atoms with van der Waals surface area (Å²) in [6.45, 7) is 8.67. The number of likely N-dealkylation sites (tertiary alicyclic amines) is 1. The number of piperidine rings is 1. The van der Waals surface area contributed by atoms with Crippen molar-refractivity contribution in [1.29, 1.82) is 0 Å². The molecule has 0 aliphatic carbocycles. The Balaban J connectivity index is 1.74. The molecule has 2 aromatic carbocycles. The van der Waals surface area contributed by atoms with Gasteiger partial charge in [-0.05, 0) is 51.0 Å². The van der Waals surface area contributed by atoms with Crippen LogP contribution in [0.15, 0.2) is 36.4 Å². The van der Waals surface area contributed by atoms with Crippen LogP contribution in [0.3, 0.4) is 0 Å². The summed E-state index contributed by atoms with van der Waals surface area (Å²) in [4.78, 5) is 31.2. The molecule has 2 unspecified atom stereocenters. The number of anilines is 2. The summed E-state index contributed by atoms with van der Waals surface area (Å²) in [6, 6.07) is 8.57. The molecule has 2 aliphatic rings. The van der Waals surface area contributed by atoms with Gasteiger partial charge in [-0.25, -0.2) is 8.78 Å². The molecule has 0 radical (unpaired) electrons. The molecule has 2 atom stereocenters. The van der Waals surface area contributed by atoms with Crippen LogP contribution in [0.4, 0.5) is 33.3 Å². The summed E-state index contributed by atoms with van der Waals surface area (Å²) in [7, 11) is 0. The number of hydrogen-bond acceptors (Lipinski definition) is 4. The first-order valence-corrected chi connectivity index (χ1v) is 13.7. The monoisotopic (exact) mass is 581 g/mol. The maximum atomic E-state index is 14.1. The van der Waals surface area contributed by atoms with E-state index < -0.39 is 41.0 Å². The van der Waals surface area contributed by atoms with Gasteiger partial charge in [-0.2, -0.15) is 13.2 Å². The van der Waals surface area contributed by atoms with E-state index in [1.807, 2.05) is 32.0 Å². The van der Waals surface area contributed by atoms with Gasteiger partial charge in [0.1, 0.15) is 5.75 Å². The number of alkyl halides is 5. The van der Waals surface area contributed by atoms with Gasteiger partial charge in [-0.3, -0.25) is 9.59 Å². The van der Waals surface area contributed by atoms with Crippen LogP contribution in [0.1, 0.15) is 50.3 Å². The third-order valence-corrected chi connectivity index (χ3v) is 8.02. The SMILES string of the molecule is Cc1cccc(C)c1N1CC(CN2CCC(F)(F)CC2)(C(=O)Nc2cc(OC(C)C)cc(C(F)(F)F)c2)C(C)C1=O. The molecule has 2 aromatic rings. The number of nitrogens with zero attached hydrogens (tertiary/aromatic N) is 2. The number of carbonyl (C=O) groups excluding carboxylic acids is 2. The smallest absolute Gasteiger partial charge is 0.416 e. The fraction of sp³-hybridized carbons (Fsp3) is 0.533. The summed E-state index contributed by atoms with van der Waals surface area (Å²) in [6.07, 6.45) is -5.86. The Bertz CT molecular complexity index is 1280. The Morgan fingerprint density at radius 3 is 2.27 bits per heavy atom. The number of para-hydroxylation sites is 1. The van der Waals surface area contributed by atoms with Gasteiger partial charge in [-0.1, -0.05) is 25.1 Å². The Morgan fingerprint density at radius 2 is 1.71 bits per heavy atom. The summed E-state index contributed by atoms with van der Waals surface area (Å²) in [5.41, 5.74) is -0.233. The van der Waals surface area contributed by atoms with E-state index in [9.17, 15) is 31.5 Å². The Kier molecular flexibility index (Phi) is 8.42.